The maximum Gasteiger partial charge on any atom is 0.319 e. The molecule has 2 N–H and O–H groups in total. The number of ketones is 1. The Morgan fingerprint density at radius 1 is 1.03 bits per heavy atom. The van der Waals surface area contributed by atoms with E-state index >= 15 is 0 Å². The minimum atomic E-state index is -0.419. The van der Waals surface area contributed by atoms with Crippen LogP contribution in [-0.2, 0) is 6.54 Å². The molecule has 0 unspecified atom stereocenters. The number of rotatable bonds is 6. The molecule has 10 heteroatoms. The lowest BCUT2D eigenvalue weighted by Gasteiger charge is -2.11. The van der Waals surface area contributed by atoms with Gasteiger partial charge in [0.25, 0.3) is 0 Å². The molecule has 2 aromatic heterocycles. The predicted octanol–water partition coefficient (Wildman–Crippen LogP) is 5.50. The highest BCUT2D eigenvalue weighted by Crippen LogP contribution is 2.28. The molecule has 2 aromatic carbocycles. The molecule has 162 valence electrons. The quantitative estimate of drug-likeness (QED) is 0.353. The van der Waals surface area contributed by atoms with Crippen LogP contribution in [0.15, 0.2) is 60.0 Å². The fourth-order valence-corrected chi connectivity index (χ4v) is 4.50. The summed E-state index contributed by atoms with van der Waals surface area (Å²) in [5, 5.41) is 17.2. The van der Waals surface area contributed by atoms with Gasteiger partial charge in [0.1, 0.15) is 10.8 Å². The Balaban J connectivity index is 1.55. The lowest BCUT2D eigenvalue weighted by atomic mass is 10.1. The summed E-state index contributed by atoms with van der Waals surface area (Å²) in [5.74, 6) is 0.879. The van der Waals surface area contributed by atoms with Gasteiger partial charge < -0.3 is 10.6 Å². The van der Waals surface area contributed by atoms with Gasteiger partial charge in [0, 0.05) is 16.3 Å². The van der Waals surface area contributed by atoms with Gasteiger partial charge in [-0.2, -0.15) is 0 Å². The number of carbonyl (C=O) groups excluding carboxylic acids is 2. The van der Waals surface area contributed by atoms with Crippen LogP contribution in [-0.4, -0.2) is 26.6 Å². The third-order valence-corrected chi connectivity index (χ3v) is 6.06. The third-order valence-electron chi connectivity index (χ3n) is 4.59. The second-order valence-corrected chi connectivity index (χ2v) is 8.50. The number of halogens is 2. The summed E-state index contributed by atoms with van der Waals surface area (Å²) in [6, 6.07) is 15.1. The molecule has 0 radical (unpaired) electrons. The van der Waals surface area contributed by atoms with Crippen LogP contribution in [0.5, 0.6) is 0 Å². The Kier molecular flexibility index (Phi) is 6.55. The average Bonchev–Trinajstić information content (AvgIpc) is 3.38. The van der Waals surface area contributed by atoms with Gasteiger partial charge in [0.15, 0.2) is 11.6 Å². The van der Waals surface area contributed by atoms with E-state index in [9.17, 15) is 9.59 Å². The van der Waals surface area contributed by atoms with Gasteiger partial charge in [-0.25, -0.2) is 4.79 Å². The van der Waals surface area contributed by atoms with Crippen molar-refractivity contribution in [3.05, 3.63) is 92.8 Å². The maximum atomic E-state index is 13.1. The Hall–Kier alpha value is -3.20. The molecular weight excluding hydrogens is 469 g/mol. The Morgan fingerprint density at radius 2 is 1.84 bits per heavy atom. The third kappa shape index (κ3) is 4.67. The first kappa shape index (κ1) is 22.0. The molecule has 4 aromatic rings. The maximum absolute atomic E-state index is 13.1. The highest BCUT2D eigenvalue weighted by Gasteiger charge is 2.22. The van der Waals surface area contributed by atoms with Crippen LogP contribution < -0.4 is 10.6 Å². The topological polar surface area (TPSA) is 88.9 Å². The van der Waals surface area contributed by atoms with Crippen molar-refractivity contribution < 1.29 is 9.59 Å². The van der Waals surface area contributed by atoms with Gasteiger partial charge in [-0.1, -0.05) is 41.4 Å². The number of benzene rings is 2. The molecule has 0 saturated carbocycles. The zero-order chi connectivity index (χ0) is 22.7. The minimum Gasteiger partial charge on any atom is -0.331 e. The van der Waals surface area contributed by atoms with Gasteiger partial charge >= 0.3 is 6.03 Å². The van der Waals surface area contributed by atoms with Crippen molar-refractivity contribution in [2.75, 3.05) is 5.32 Å². The van der Waals surface area contributed by atoms with Crippen LogP contribution in [0.4, 0.5) is 10.5 Å². The predicted molar refractivity (Wildman–Crippen MR) is 126 cm³/mol. The van der Waals surface area contributed by atoms with E-state index in [2.05, 4.69) is 20.8 Å². The van der Waals surface area contributed by atoms with Gasteiger partial charge in [-0.05, 0) is 48.7 Å². The first-order valence-electron chi connectivity index (χ1n) is 9.52. The summed E-state index contributed by atoms with van der Waals surface area (Å²) in [5.41, 5.74) is 1.47. The van der Waals surface area contributed by atoms with Crippen LogP contribution in [0.2, 0.25) is 10.0 Å². The van der Waals surface area contributed by atoms with E-state index in [0.717, 1.165) is 0 Å². The SMILES string of the molecule is Cc1nnc(CNC(=O)Nc2cccc(Cl)c2)n1-c1sccc1C(=O)c1ccccc1Cl. The number of hydrogen-bond donors (Lipinski definition) is 2. The van der Waals surface area contributed by atoms with Crippen LogP contribution in [0.1, 0.15) is 27.6 Å². The first-order valence-corrected chi connectivity index (χ1v) is 11.2. The average molecular weight is 486 g/mol. The van der Waals surface area contributed by atoms with E-state index in [1.54, 1.807) is 66.1 Å². The summed E-state index contributed by atoms with van der Waals surface area (Å²) in [6.07, 6.45) is 0. The molecule has 0 atom stereocenters. The number of hydrogen-bond acceptors (Lipinski definition) is 5. The number of carbonyl (C=O) groups is 2. The summed E-state index contributed by atoms with van der Waals surface area (Å²) >= 11 is 13.6. The number of aromatic nitrogens is 3. The van der Waals surface area contributed by atoms with E-state index < -0.39 is 6.03 Å². The number of thiophene rings is 1. The second-order valence-electron chi connectivity index (χ2n) is 6.77. The zero-order valence-electron chi connectivity index (χ0n) is 16.8. The largest absolute Gasteiger partial charge is 0.331 e. The Morgan fingerprint density at radius 3 is 2.62 bits per heavy atom. The molecule has 0 aliphatic carbocycles. The number of nitrogens with one attached hydrogen (secondary N) is 2. The number of amides is 2. The van der Waals surface area contributed by atoms with Crippen molar-refractivity contribution in [2.45, 2.75) is 13.5 Å². The summed E-state index contributed by atoms with van der Waals surface area (Å²) in [4.78, 5) is 25.5. The van der Waals surface area contributed by atoms with E-state index in [1.807, 2.05) is 5.38 Å². The molecule has 0 fully saturated rings. The van der Waals surface area contributed by atoms with Crippen LogP contribution in [0, 0.1) is 6.92 Å². The normalized spacial score (nSPS) is 10.7. The first-order chi connectivity index (χ1) is 15.4. The monoisotopic (exact) mass is 485 g/mol. The smallest absolute Gasteiger partial charge is 0.319 e. The molecule has 7 nitrogen and oxygen atoms in total. The van der Waals surface area contributed by atoms with E-state index in [-0.39, 0.29) is 12.3 Å². The second kappa shape index (κ2) is 9.52. The minimum absolute atomic E-state index is 0.102. The fraction of sp³-hybridized carbons (Fsp3) is 0.0909. The molecule has 0 aliphatic heterocycles. The van der Waals surface area contributed by atoms with Crippen molar-refractivity contribution in [3.63, 3.8) is 0 Å². The van der Waals surface area contributed by atoms with Crippen molar-refractivity contribution >= 4 is 52.0 Å². The number of aryl methyl sites for hydroxylation is 1. The van der Waals surface area contributed by atoms with Gasteiger partial charge in [-0.3, -0.25) is 9.36 Å². The Labute approximate surface area is 198 Å². The molecule has 0 bridgehead atoms. The molecule has 0 saturated heterocycles. The molecule has 0 aliphatic rings. The van der Waals surface area contributed by atoms with Crippen molar-refractivity contribution in [3.8, 4) is 5.00 Å². The van der Waals surface area contributed by atoms with Crippen molar-refractivity contribution in [1.82, 2.24) is 20.1 Å². The molecular formula is C22H17Cl2N5O2S. The van der Waals surface area contributed by atoms with Crippen molar-refractivity contribution in [1.29, 1.82) is 0 Å². The lowest BCUT2D eigenvalue weighted by Crippen LogP contribution is -2.29. The molecule has 2 amide bonds. The number of urea groups is 1. The van der Waals surface area contributed by atoms with Crippen LogP contribution >= 0.6 is 34.5 Å². The number of nitrogens with zero attached hydrogens (tertiary/aromatic N) is 3. The fourth-order valence-electron chi connectivity index (χ4n) is 3.12. The molecule has 4 rings (SSSR count). The number of anilines is 1. The molecule has 0 spiro atoms. The van der Waals surface area contributed by atoms with E-state index in [1.165, 1.54) is 11.3 Å². The van der Waals surface area contributed by atoms with Crippen LogP contribution in [0.25, 0.3) is 5.00 Å². The lowest BCUT2D eigenvalue weighted by molar-refractivity contribution is 0.103. The highest BCUT2D eigenvalue weighted by atomic mass is 35.5. The standard InChI is InChI=1S/C22H17Cl2N5O2S/c1-13-27-28-19(12-25-22(31)26-15-6-4-5-14(23)11-15)29(13)21-17(9-10-32-21)20(30)16-7-2-3-8-18(16)24/h2-11H,12H2,1H3,(H2,25,26,31). The van der Waals surface area contributed by atoms with Gasteiger partial charge in [0.05, 0.1) is 17.1 Å². The van der Waals surface area contributed by atoms with E-state index in [0.29, 0.717) is 43.5 Å². The van der Waals surface area contributed by atoms with Gasteiger partial charge in [0.2, 0.25) is 0 Å². The summed E-state index contributed by atoms with van der Waals surface area (Å²) in [7, 11) is 0. The van der Waals surface area contributed by atoms with Gasteiger partial charge in [-0.15, -0.1) is 21.5 Å². The Bertz CT molecular complexity index is 1300. The molecule has 2 heterocycles. The zero-order valence-corrected chi connectivity index (χ0v) is 19.1. The van der Waals surface area contributed by atoms with Crippen LogP contribution in [0.3, 0.4) is 0 Å². The summed E-state index contributed by atoms with van der Waals surface area (Å²) in [6.45, 7) is 1.89. The van der Waals surface area contributed by atoms with E-state index in [4.69, 9.17) is 23.2 Å². The van der Waals surface area contributed by atoms with Crippen molar-refractivity contribution in [2.24, 2.45) is 0 Å². The summed E-state index contributed by atoms with van der Waals surface area (Å²) < 4.78 is 1.76. The molecule has 32 heavy (non-hydrogen) atoms. The highest BCUT2D eigenvalue weighted by molar-refractivity contribution is 7.13.